The van der Waals surface area contributed by atoms with E-state index in [1.807, 2.05) is 30.3 Å². The number of hydrogen-bond donors (Lipinski definition) is 0. The van der Waals surface area contributed by atoms with Gasteiger partial charge in [0.1, 0.15) is 0 Å². The van der Waals surface area contributed by atoms with Crippen LogP contribution < -0.4 is 0 Å². The number of carbonyl (C=O) groups excluding carboxylic acids is 1. The summed E-state index contributed by atoms with van der Waals surface area (Å²) >= 11 is 0. The lowest BCUT2D eigenvalue weighted by atomic mass is 10.1. The first-order valence-electron chi connectivity index (χ1n) is 3.94. The predicted octanol–water partition coefficient (Wildman–Crippen LogP) is 1.17. The Balaban J connectivity index is 2.62. The van der Waals surface area contributed by atoms with Gasteiger partial charge in [-0.05, 0) is 5.56 Å². The highest BCUT2D eigenvalue weighted by molar-refractivity contribution is 5.79. The van der Waals surface area contributed by atoms with Crippen molar-refractivity contribution < 1.29 is 4.79 Å². The molecule has 1 aromatic carbocycles. The number of benzene rings is 1. The van der Waals surface area contributed by atoms with Crippen molar-refractivity contribution >= 4 is 5.91 Å². The highest BCUT2D eigenvalue weighted by atomic mass is 16.2. The third kappa shape index (κ3) is 2.60. The van der Waals surface area contributed by atoms with E-state index < -0.39 is 0 Å². The van der Waals surface area contributed by atoms with Crippen molar-refractivity contribution in [2.45, 2.75) is 6.42 Å². The summed E-state index contributed by atoms with van der Waals surface area (Å²) in [5, 5.41) is 8.44. The molecule has 0 unspecified atom stereocenters. The van der Waals surface area contributed by atoms with E-state index in [1.165, 1.54) is 7.05 Å². The van der Waals surface area contributed by atoms with Crippen LogP contribution in [0.15, 0.2) is 30.3 Å². The fraction of sp³-hybridized carbons (Fsp3) is 0.200. The number of amides is 1. The molecule has 13 heavy (non-hydrogen) atoms. The van der Waals surface area contributed by atoms with Crippen LogP contribution in [-0.2, 0) is 11.2 Å². The van der Waals surface area contributed by atoms with Gasteiger partial charge in [-0.3, -0.25) is 9.69 Å². The molecule has 3 heteroatoms. The Kier molecular flexibility index (Phi) is 3.04. The zero-order valence-electron chi connectivity index (χ0n) is 7.40. The van der Waals surface area contributed by atoms with Gasteiger partial charge < -0.3 is 0 Å². The van der Waals surface area contributed by atoms with Crippen LogP contribution in [0.3, 0.4) is 0 Å². The molecule has 0 bridgehead atoms. The van der Waals surface area contributed by atoms with Crippen LogP contribution in [-0.4, -0.2) is 17.9 Å². The smallest absolute Gasteiger partial charge is 0.239 e. The quantitative estimate of drug-likeness (QED) is 0.499. The average molecular weight is 174 g/mol. The Labute approximate surface area is 77.2 Å². The molecule has 1 aromatic rings. The molecule has 0 aliphatic heterocycles. The molecule has 0 atom stereocenters. The Bertz CT molecular complexity index is 327. The van der Waals surface area contributed by atoms with E-state index in [4.69, 9.17) is 5.26 Å². The summed E-state index contributed by atoms with van der Waals surface area (Å²) in [5.74, 6) is -0.186. The summed E-state index contributed by atoms with van der Waals surface area (Å²) in [6.45, 7) is 0. The summed E-state index contributed by atoms with van der Waals surface area (Å²) in [4.78, 5) is 12.3. The van der Waals surface area contributed by atoms with E-state index in [9.17, 15) is 4.79 Å². The molecule has 0 spiro atoms. The molecule has 0 aliphatic carbocycles. The third-order valence-electron chi connectivity index (χ3n) is 1.72. The molecule has 0 saturated carbocycles. The maximum Gasteiger partial charge on any atom is 0.239 e. The third-order valence-corrected chi connectivity index (χ3v) is 1.72. The number of nitriles is 1. The van der Waals surface area contributed by atoms with Gasteiger partial charge in [0.25, 0.3) is 0 Å². The van der Waals surface area contributed by atoms with Gasteiger partial charge in [-0.15, -0.1) is 0 Å². The van der Waals surface area contributed by atoms with Crippen molar-refractivity contribution in [3.8, 4) is 6.19 Å². The van der Waals surface area contributed by atoms with Gasteiger partial charge in [-0.2, -0.15) is 5.26 Å². The molecule has 0 fully saturated rings. The molecule has 0 aliphatic rings. The normalized spacial score (nSPS) is 8.92. The standard InChI is InChI=1S/C10H10N2O/c1-12(8-11)10(13)7-9-5-3-2-4-6-9/h2-6H,7H2,1H3. The van der Waals surface area contributed by atoms with E-state index in [-0.39, 0.29) is 12.3 Å². The maximum absolute atomic E-state index is 11.2. The lowest BCUT2D eigenvalue weighted by Crippen LogP contribution is -2.22. The van der Waals surface area contributed by atoms with Crippen LogP contribution in [0.25, 0.3) is 0 Å². The van der Waals surface area contributed by atoms with Gasteiger partial charge in [0.15, 0.2) is 6.19 Å². The van der Waals surface area contributed by atoms with E-state index >= 15 is 0 Å². The highest BCUT2D eigenvalue weighted by Crippen LogP contribution is 2.00. The van der Waals surface area contributed by atoms with Crippen LogP contribution in [0.2, 0.25) is 0 Å². The van der Waals surface area contributed by atoms with Gasteiger partial charge >= 0.3 is 0 Å². The minimum Gasteiger partial charge on any atom is -0.273 e. The van der Waals surface area contributed by atoms with Crippen molar-refractivity contribution in [3.63, 3.8) is 0 Å². The van der Waals surface area contributed by atoms with Crippen molar-refractivity contribution in [1.82, 2.24) is 4.90 Å². The molecular formula is C10H10N2O. The van der Waals surface area contributed by atoms with Gasteiger partial charge in [-0.1, -0.05) is 30.3 Å². The van der Waals surface area contributed by atoms with Crippen LogP contribution in [0.5, 0.6) is 0 Å². The van der Waals surface area contributed by atoms with Crippen molar-refractivity contribution in [2.75, 3.05) is 7.05 Å². The van der Waals surface area contributed by atoms with Crippen LogP contribution in [0.4, 0.5) is 0 Å². The van der Waals surface area contributed by atoms with Gasteiger partial charge in [0.05, 0.1) is 6.42 Å². The van der Waals surface area contributed by atoms with Gasteiger partial charge in [0.2, 0.25) is 5.91 Å². The minimum atomic E-state index is -0.186. The predicted molar refractivity (Wildman–Crippen MR) is 48.5 cm³/mol. The Morgan fingerprint density at radius 3 is 2.62 bits per heavy atom. The number of carbonyl (C=O) groups is 1. The fourth-order valence-electron chi connectivity index (χ4n) is 0.945. The number of hydrogen-bond acceptors (Lipinski definition) is 2. The monoisotopic (exact) mass is 174 g/mol. The molecule has 1 amide bonds. The maximum atomic E-state index is 11.2. The molecule has 0 N–H and O–H groups in total. The van der Waals surface area contributed by atoms with E-state index in [1.54, 1.807) is 6.19 Å². The molecular weight excluding hydrogens is 164 g/mol. The Morgan fingerprint density at radius 1 is 1.46 bits per heavy atom. The van der Waals surface area contributed by atoms with Crippen LogP contribution in [0, 0.1) is 11.5 Å². The summed E-state index contributed by atoms with van der Waals surface area (Å²) in [7, 11) is 1.46. The SMILES string of the molecule is CN(C#N)C(=O)Cc1ccccc1. The Morgan fingerprint density at radius 2 is 2.08 bits per heavy atom. The second-order valence-corrected chi connectivity index (χ2v) is 2.72. The second kappa shape index (κ2) is 4.27. The lowest BCUT2D eigenvalue weighted by Gasteiger charge is -2.05. The summed E-state index contributed by atoms with van der Waals surface area (Å²) < 4.78 is 0. The topological polar surface area (TPSA) is 44.1 Å². The minimum absolute atomic E-state index is 0.186. The van der Waals surface area contributed by atoms with E-state index in [0.717, 1.165) is 10.5 Å². The molecule has 0 heterocycles. The van der Waals surface area contributed by atoms with Gasteiger partial charge in [0, 0.05) is 7.05 Å². The molecule has 0 saturated heterocycles. The van der Waals surface area contributed by atoms with Gasteiger partial charge in [-0.25, -0.2) is 0 Å². The Hall–Kier alpha value is -1.82. The second-order valence-electron chi connectivity index (χ2n) is 2.72. The largest absolute Gasteiger partial charge is 0.273 e. The van der Waals surface area contributed by atoms with Crippen molar-refractivity contribution in [1.29, 1.82) is 5.26 Å². The first kappa shape index (κ1) is 9.27. The molecule has 0 aromatic heterocycles. The fourth-order valence-corrected chi connectivity index (χ4v) is 0.945. The van der Waals surface area contributed by atoms with Crippen molar-refractivity contribution in [3.05, 3.63) is 35.9 Å². The summed E-state index contributed by atoms with van der Waals surface area (Å²) in [6, 6.07) is 9.36. The van der Waals surface area contributed by atoms with E-state index in [0.29, 0.717) is 0 Å². The van der Waals surface area contributed by atoms with Crippen LogP contribution >= 0.6 is 0 Å². The number of rotatable bonds is 2. The van der Waals surface area contributed by atoms with Crippen molar-refractivity contribution in [2.24, 2.45) is 0 Å². The zero-order valence-corrected chi connectivity index (χ0v) is 7.40. The lowest BCUT2D eigenvalue weighted by molar-refractivity contribution is -0.126. The van der Waals surface area contributed by atoms with Crippen LogP contribution in [0.1, 0.15) is 5.56 Å². The first-order valence-corrected chi connectivity index (χ1v) is 3.94. The van der Waals surface area contributed by atoms with E-state index in [2.05, 4.69) is 0 Å². The molecule has 0 radical (unpaired) electrons. The summed E-state index contributed by atoms with van der Waals surface area (Å²) in [6.07, 6.45) is 2.05. The molecule has 66 valence electrons. The average Bonchev–Trinajstić information content (AvgIpc) is 2.18. The molecule has 1 rings (SSSR count). The summed E-state index contributed by atoms with van der Waals surface area (Å²) in [5.41, 5.74) is 0.926. The number of likely N-dealkylation sites (N-methyl/N-ethyl adjacent to an activating group) is 1. The molecule has 3 nitrogen and oxygen atoms in total. The highest BCUT2D eigenvalue weighted by Gasteiger charge is 2.07. The number of nitrogens with zero attached hydrogens (tertiary/aromatic N) is 2. The first-order chi connectivity index (χ1) is 6.24. The zero-order chi connectivity index (χ0) is 9.68.